The molecule has 1 amide bonds. The third-order valence-electron chi connectivity index (χ3n) is 4.12. The molecule has 8 heteroatoms. The molecule has 4 aromatic rings. The summed E-state index contributed by atoms with van der Waals surface area (Å²) >= 11 is 13.1. The summed E-state index contributed by atoms with van der Waals surface area (Å²) in [5.74, 6) is 0.259. The molecule has 0 radical (unpaired) electrons. The fourth-order valence-electron chi connectivity index (χ4n) is 2.77. The quantitative estimate of drug-likeness (QED) is 0.390. The fourth-order valence-corrected chi connectivity index (χ4v) is 4.16. The topological polar surface area (TPSA) is 63.2 Å². The second-order valence-electron chi connectivity index (χ2n) is 6.28. The van der Waals surface area contributed by atoms with E-state index in [1.165, 1.54) is 0 Å². The van der Waals surface area contributed by atoms with Gasteiger partial charge in [0.15, 0.2) is 11.7 Å². The summed E-state index contributed by atoms with van der Waals surface area (Å²) in [5, 5.41) is 7.25. The van der Waals surface area contributed by atoms with E-state index < -0.39 is 0 Å². The molecule has 3 aromatic carbocycles. The smallest absolute Gasteiger partial charge is 0.264 e. The molecule has 150 valence electrons. The van der Waals surface area contributed by atoms with E-state index in [0.717, 1.165) is 20.8 Å². The third kappa shape index (κ3) is 4.94. The number of carbonyl (C=O) groups excluding carboxylic acids is 1. The molecular weight excluding hydrogens is 438 g/mol. The highest BCUT2D eigenvalue weighted by Crippen LogP contribution is 2.36. The number of para-hydroxylation sites is 2. The monoisotopic (exact) mass is 453 g/mol. The van der Waals surface area contributed by atoms with Crippen molar-refractivity contribution in [3.8, 4) is 16.3 Å². The van der Waals surface area contributed by atoms with E-state index in [1.807, 2.05) is 54.6 Å². The number of hydrogen-bond donors (Lipinski definition) is 2. The maximum Gasteiger partial charge on any atom is 0.264 e. The minimum Gasteiger partial charge on any atom is -0.484 e. The number of halogens is 1. The number of nitrogens with zero attached hydrogens (tertiary/aromatic N) is 1. The van der Waals surface area contributed by atoms with Crippen LogP contribution in [0.15, 0.2) is 72.8 Å². The predicted octanol–water partition coefficient (Wildman–Crippen LogP) is 5.51. The summed E-state index contributed by atoms with van der Waals surface area (Å²) in [6, 6.07) is 22.4. The number of anilines is 1. The zero-order valence-corrected chi connectivity index (χ0v) is 18.0. The molecule has 1 aromatic heterocycles. The average Bonchev–Trinajstić information content (AvgIpc) is 3.18. The number of fused-ring (bicyclic) bond motifs is 1. The number of amides is 1. The Balaban J connectivity index is 1.46. The highest BCUT2D eigenvalue weighted by molar-refractivity contribution is 7.80. The minimum absolute atomic E-state index is 0.142. The van der Waals surface area contributed by atoms with Crippen LogP contribution in [0.4, 0.5) is 5.69 Å². The first kappa shape index (κ1) is 20.3. The van der Waals surface area contributed by atoms with Gasteiger partial charge in [0.25, 0.3) is 5.91 Å². The van der Waals surface area contributed by atoms with Crippen molar-refractivity contribution in [3.63, 3.8) is 0 Å². The Bertz CT molecular complexity index is 1180. The molecule has 0 unspecified atom stereocenters. The lowest BCUT2D eigenvalue weighted by Crippen LogP contribution is -2.37. The number of carbonyl (C=O) groups is 1. The van der Waals surface area contributed by atoms with Crippen LogP contribution in [0.5, 0.6) is 5.75 Å². The zero-order valence-electron chi connectivity index (χ0n) is 15.6. The largest absolute Gasteiger partial charge is 0.484 e. The highest BCUT2D eigenvalue weighted by Gasteiger charge is 2.14. The van der Waals surface area contributed by atoms with Crippen molar-refractivity contribution in [2.24, 2.45) is 0 Å². The maximum absolute atomic E-state index is 12.1. The van der Waals surface area contributed by atoms with Crippen LogP contribution in [0.1, 0.15) is 0 Å². The van der Waals surface area contributed by atoms with Crippen molar-refractivity contribution >= 4 is 62.1 Å². The van der Waals surface area contributed by atoms with E-state index in [1.54, 1.807) is 29.5 Å². The number of rotatable bonds is 5. The van der Waals surface area contributed by atoms with Crippen LogP contribution in [0.2, 0.25) is 5.02 Å². The molecule has 0 saturated heterocycles. The lowest BCUT2D eigenvalue weighted by Gasteiger charge is -2.13. The zero-order chi connectivity index (χ0) is 20.9. The van der Waals surface area contributed by atoms with Crippen molar-refractivity contribution in [1.29, 1.82) is 0 Å². The van der Waals surface area contributed by atoms with Gasteiger partial charge in [0.1, 0.15) is 10.8 Å². The Hall–Kier alpha value is -3.00. The average molecular weight is 454 g/mol. The van der Waals surface area contributed by atoms with Crippen molar-refractivity contribution in [2.75, 3.05) is 11.9 Å². The summed E-state index contributed by atoms with van der Waals surface area (Å²) in [5.41, 5.74) is 2.42. The van der Waals surface area contributed by atoms with Gasteiger partial charge < -0.3 is 10.1 Å². The molecule has 0 aliphatic rings. The van der Waals surface area contributed by atoms with E-state index >= 15 is 0 Å². The normalized spacial score (nSPS) is 10.6. The van der Waals surface area contributed by atoms with E-state index in [-0.39, 0.29) is 17.6 Å². The molecule has 30 heavy (non-hydrogen) atoms. The minimum atomic E-state index is -0.355. The molecule has 0 bridgehead atoms. The van der Waals surface area contributed by atoms with E-state index in [2.05, 4.69) is 15.6 Å². The predicted molar refractivity (Wildman–Crippen MR) is 126 cm³/mol. The Kier molecular flexibility index (Phi) is 6.23. The Morgan fingerprint density at radius 1 is 1.07 bits per heavy atom. The summed E-state index contributed by atoms with van der Waals surface area (Å²) in [4.78, 5) is 16.8. The van der Waals surface area contributed by atoms with E-state index in [0.29, 0.717) is 16.5 Å². The molecule has 0 fully saturated rings. The van der Waals surface area contributed by atoms with Crippen LogP contribution >= 0.6 is 35.2 Å². The molecule has 1 heterocycles. The number of thiazole rings is 1. The van der Waals surface area contributed by atoms with Crippen LogP contribution in [-0.2, 0) is 4.79 Å². The van der Waals surface area contributed by atoms with Gasteiger partial charge in [0.05, 0.1) is 15.9 Å². The third-order valence-corrected chi connectivity index (χ3v) is 5.63. The van der Waals surface area contributed by atoms with Crippen molar-refractivity contribution in [1.82, 2.24) is 10.3 Å². The Morgan fingerprint density at radius 2 is 1.83 bits per heavy atom. The number of nitrogens with one attached hydrogen (secondary N) is 2. The van der Waals surface area contributed by atoms with Gasteiger partial charge in [-0.05, 0) is 54.7 Å². The van der Waals surface area contributed by atoms with E-state index in [9.17, 15) is 4.79 Å². The van der Waals surface area contributed by atoms with Crippen molar-refractivity contribution < 1.29 is 9.53 Å². The van der Waals surface area contributed by atoms with Crippen LogP contribution in [0.3, 0.4) is 0 Å². The fraction of sp³-hybridized carbons (Fsp3) is 0.0455. The first-order valence-electron chi connectivity index (χ1n) is 9.03. The lowest BCUT2D eigenvalue weighted by molar-refractivity contribution is -0.121. The summed E-state index contributed by atoms with van der Waals surface area (Å²) in [7, 11) is 0. The van der Waals surface area contributed by atoms with Gasteiger partial charge >= 0.3 is 0 Å². The standard InChI is InChI=1S/C22H16ClN3O2S2/c23-14-10-11-17(16(12-14)21-24-18-8-4-5-9-19(18)30-21)25-22(29)26-20(27)13-28-15-6-2-1-3-7-15/h1-12H,13H2,(H2,25,26,27,29). The van der Waals surface area contributed by atoms with Gasteiger partial charge in [-0.2, -0.15) is 0 Å². The van der Waals surface area contributed by atoms with Crippen LogP contribution in [-0.4, -0.2) is 22.6 Å². The molecule has 4 rings (SSSR count). The molecular formula is C22H16ClN3O2S2. The Morgan fingerprint density at radius 3 is 2.63 bits per heavy atom. The first-order valence-corrected chi connectivity index (χ1v) is 10.6. The number of ether oxygens (including phenoxy) is 1. The maximum atomic E-state index is 12.1. The van der Waals surface area contributed by atoms with Gasteiger partial charge in [0, 0.05) is 10.6 Å². The van der Waals surface area contributed by atoms with E-state index in [4.69, 9.17) is 28.6 Å². The summed E-state index contributed by atoms with van der Waals surface area (Å²) in [6.45, 7) is -0.142. The molecule has 2 N–H and O–H groups in total. The molecule has 0 aliphatic carbocycles. The molecule has 5 nitrogen and oxygen atoms in total. The Labute approximate surface area is 187 Å². The second-order valence-corrected chi connectivity index (χ2v) is 8.16. The van der Waals surface area contributed by atoms with Gasteiger partial charge in [0.2, 0.25) is 0 Å². The highest BCUT2D eigenvalue weighted by atomic mass is 35.5. The second kappa shape index (κ2) is 9.21. The van der Waals surface area contributed by atoms with Crippen LogP contribution in [0.25, 0.3) is 20.8 Å². The van der Waals surface area contributed by atoms with Gasteiger partial charge in [-0.25, -0.2) is 4.98 Å². The van der Waals surface area contributed by atoms with Crippen molar-refractivity contribution in [2.45, 2.75) is 0 Å². The van der Waals surface area contributed by atoms with Crippen LogP contribution < -0.4 is 15.4 Å². The lowest BCUT2D eigenvalue weighted by atomic mass is 10.2. The van der Waals surface area contributed by atoms with Gasteiger partial charge in [-0.3, -0.25) is 10.1 Å². The number of hydrogen-bond acceptors (Lipinski definition) is 5. The SMILES string of the molecule is O=C(COc1ccccc1)NC(=S)Nc1ccc(Cl)cc1-c1nc2ccccc2s1. The number of thiocarbonyl (C=S) groups is 1. The molecule has 0 aliphatic heterocycles. The first-order chi connectivity index (χ1) is 14.6. The van der Waals surface area contributed by atoms with Gasteiger partial charge in [-0.1, -0.05) is 41.9 Å². The summed E-state index contributed by atoms with van der Waals surface area (Å²) in [6.07, 6.45) is 0. The number of benzene rings is 3. The molecule has 0 atom stereocenters. The van der Waals surface area contributed by atoms with Gasteiger partial charge in [-0.15, -0.1) is 11.3 Å². The molecule has 0 spiro atoms. The van der Waals surface area contributed by atoms with Crippen molar-refractivity contribution in [3.05, 3.63) is 77.8 Å². The van der Waals surface area contributed by atoms with Crippen LogP contribution in [0, 0.1) is 0 Å². The number of aromatic nitrogens is 1. The molecule has 0 saturated carbocycles. The summed E-state index contributed by atoms with van der Waals surface area (Å²) < 4.78 is 6.51.